The van der Waals surface area contributed by atoms with E-state index in [0.29, 0.717) is 6.04 Å². The molecule has 0 bridgehead atoms. The predicted octanol–water partition coefficient (Wildman–Crippen LogP) is 2.92. The number of nitrogens with one attached hydrogen (secondary N) is 1. The van der Waals surface area contributed by atoms with Crippen LogP contribution in [0.4, 0.5) is 5.69 Å². The number of benzene rings is 1. The number of nitro benzene ring substituents is 1. The normalized spacial score (nSPS) is 12.4. The first kappa shape index (κ1) is 13.6. The lowest BCUT2D eigenvalue weighted by Gasteiger charge is -2.12. The third-order valence-corrected chi connectivity index (χ3v) is 2.78. The highest BCUT2D eigenvalue weighted by molar-refractivity contribution is 5.39. The van der Waals surface area contributed by atoms with Crippen LogP contribution < -0.4 is 5.32 Å². The highest BCUT2D eigenvalue weighted by Gasteiger charge is 2.12. The first-order valence-electron chi connectivity index (χ1n) is 6.10. The molecule has 0 spiro atoms. The van der Waals surface area contributed by atoms with Gasteiger partial charge in [-0.3, -0.25) is 10.1 Å². The summed E-state index contributed by atoms with van der Waals surface area (Å²) >= 11 is 0. The number of nitrogens with zero attached hydrogens (tertiary/aromatic N) is 1. The molecule has 0 saturated carbocycles. The topological polar surface area (TPSA) is 55.2 Å². The molecule has 0 saturated heterocycles. The minimum atomic E-state index is -0.306. The Morgan fingerprint density at radius 2 is 2.12 bits per heavy atom. The van der Waals surface area contributed by atoms with Crippen molar-refractivity contribution in [2.24, 2.45) is 0 Å². The van der Waals surface area contributed by atoms with Gasteiger partial charge in [-0.25, -0.2) is 0 Å². The summed E-state index contributed by atoms with van der Waals surface area (Å²) in [5, 5.41) is 14.2. The Kier molecular flexibility index (Phi) is 5.63. The van der Waals surface area contributed by atoms with Crippen LogP contribution in [0.15, 0.2) is 24.3 Å². The lowest BCUT2D eigenvalue weighted by molar-refractivity contribution is -0.385. The standard InChI is InChI=1S/C13H20N2O2/c1-3-10-14-11(2)8-9-12-6-4-5-7-13(12)15(16)17/h4-7,11,14H,3,8-10H2,1-2H3. The van der Waals surface area contributed by atoms with Crippen molar-refractivity contribution in [1.82, 2.24) is 5.32 Å². The summed E-state index contributed by atoms with van der Waals surface area (Å²) in [5.74, 6) is 0. The zero-order chi connectivity index (χ0) is 12.7. The van der Waals surface area contributed by atoms with E-state index in [9.17, 15) is 10.1 Å². The summed E-state index contributed by atoms with van der Waals surface area (Å²) < 4.78 is 0. The minimum absolute atomic E-state index is 0.232. The van der Waals surface area contributed by atoms with Crippen molar-refractivity contribution >= 4 is 5.69 Å². The molecule has 1 rings (SSSR count). The van der Waals surface area contributed by atoms with E-state index in [-0.39, 0.29) is 10.6 Å². The molecule has 0 aliphatic rings. The van der Waals surface area contributed by atoms with E-state index >= 15 is 0 Å². The molecule has 0 fully saturated rings. The highest BCUT2D eigenvalue weighted by atomic mass is 16.6. The van der Waals surface area contributed by atoms with Gasteiger partial charge in [-0.1, -0.05) is 25.1 Å². The van der Waals surface area contributed by atoms with Crippen molar-refractivity contribution in [3.8, 4) is 0 Å². The number of rotatable bonds is 7. The Morgan fingerprint density at radius 3 is 2.76 bits per heavy atom. The van der Waals surface area contributed by atoms with Crippen molar-refractivity contribution in [1.29, 1.82) is 0 Å². The van der Waals surface area contributed by atoms with Gasteiger partial charge in [-0.15, -0.1) is 0 Å². The summed E-state index contributed by atoms with van der Waals surface area (Å²) in [7, 11) is 0. The third-order valence-electron chi connectivity index (χ3n) is 2.78. The molecule has 94 valence electrons. The molecule has 1 unspecified atom stereocenters. The Morgan fingerprint density at radius 1 is 1.41 bits per heavy atom. The number of para-hydroxylation sites is 1. The van der Waals surface area contributed by atoms with Gasteiger partial charge < -0.3 is 5.32 Å². The molecule has 1 aromatic rings. The van der Waals surface area contributed by atoms with E-state index in [1.807, 2.05) is 12.1 Å². The van der Waals surface area contributed by atoms with Gasteiger partial charge in [0.25, 0.3) is 5.69 Å². The summed E-state index contributed by atoms with van der Waals surface area (Å²) in [5.41, 5.74) is 1.05. The van der Waals surface area contributed by atoms with Crippen LogP contribution in [-0.4, -0.2) is 17.5 Å². The molecule has 4 heteroatoms. The third kappa shape index (κ3) is 4.53. The second-order valence-electron chi connectivity index (χ2n) is 4.28. The van der Waals surface area contributed by atoms with Gasteiger partial charge in [0, 0.05) is 17.7 Å². The molecule has 4 nitrogen and oxygen atoms in total. The van der Waals surface area contributed by atoms with Crippen LogP contribution >= 0.6 is 0 Å². The molecule has 0 aliphatic carbocycles. The number of aryl methyl sites for hydroxylation is 1. The van der Waals surface area contributed by atoms with Crippen molar-refractivity contribution in [2.45, 2.75) is 39.2 Å². The Labute approximate surface area is 102 Å². The molecule has 0 aromatic heterocycles. The fourth-order valence-electron chi connectivity index (χ4n) is 1.77. The van der Waals surface area contributed by atoms with Crippen LogP contribution in [0.1, 0.15) is 32.3 Å². The van der Waals surface area contributed by atoms with Crippen molar-refractivity contribution in [2.75, 3.05) is 6.54 Å². The lowest BCUT2D eigenvalue weighted by atomic mass is 10.0. The van der Waals surface area contributed by atoms with Crippen molar-refractivity contribution in [3.63, 3.8) is 0 Å². The van der Waals surface area contributed by atoms with Crippen LogP contribution in [0.3, 0.4) is 0 Å². The SMILES string of the molecule is CCCNC(C)CCc1ccccc1[N+](=O)[O-]. The summed E-state index contributed by atoms with van der Waals surface area (Å²) in [6, 6.07) is 7.37. The highest BCUT2D eigenvalue weighted by Crippen LogP contribution is 2.19. The quantitative estimate of drug-likeness (QED) is 0.585. The van der Waals surface area contributed by atoms with E-state index in [1.165, 1.54) is 0 Å². The summed E-state index contributed by atoms with van der Waals surface area (Å²) in [4.78, 5) is 10.5. The fourth-order valence-corrected chi connectivity index (χ4v) is 1.77. The molecule has 1 atom stereocenters. The van der Waals surface area contributed by atoms with E-state index < -0.39 is 0 Å². The number of hydrogen-bond acceptors (Lipinski definition) is 3. The molecule has 1 N–H and O–H groups in total. The Bertz CT molecular complexity index is 366. The van der Waals surface area contributed by atoms with Gasteiger partial charge in [0.05, 0.1) is 4.92 Å². The average Bonchev–Trinajstić information content (AvgIpc) is 2.34. The summed E-state index contributed by atoms with van der Waals surface area (Å²) in [6.45, 7) is 5.24. The Balaban J connectivity index is 2.54. The zero-order valence-electron chi connectivity index (χ0n) is 10.5. The first-order chi connectivity index (χ1) is 8.15. The zero-order valence-corrected chi connectivity index (χ0v) is 10.5. The van der Waals surface area contributed by atoms with Gasteiger partial charge in [0.1, 0.15) is 0 Å². The molecule has 0 aliphatic heterocycles. The Hall–Kier alpha value is -1.42. The molecule has 17 heavy (non-hydrogen) atoms. The molecule has 1 aromatic carbocycles. The van der Waals surface area contributed by atoms with Crippen LogP contribution in [0.2, 0.25) is 0 Å². The number of hydrogen-bond donors (Lipinski definition) is 1. The maximum absolute atomic E-state index is 10.8. The van der Waals surface area contributed by atoms with Crippen LogP contribution in [-0.2, 0) is 6.42 Å². The first-order valence-corrected chi connectivity index (χ1v) is 6.10. The second kappa shape index (κ2) is 7.01. The largest absolute Gasteiger partial charge is 0.314 e. The molecule has 0 heterocycles. The summed E-state index contributed by atoms with van der Waals surface area (Å²) in [6.07, 6.45) is 2.77. The van der Waals surface area contributed by atoms with E-state index in [4.69, 9.17) is 0 Å². The van der Waals surface area contributed by atoms with Crippen LogP contribution in [0.25, 0.3) is 0 Å². The maximum atomic E-state index is 10.8. The van der Waals surface area contributed by atoms with Crippen molar-refractivity contribution in [3.05, 3.63) is 39.9 Å². The second-order valence-corrected chi connectivity index (χ2v) is 4.28. The van der Waals surface area contributed by atoms with Crippen LogP contribution in [0.5, 0.6) is 0 Å². The minimum Gasteiger partial charge on any atom is -0.314 e. The molecular formula is C13H20N2O2. The average molecular weight is 236 g/mol. The van der Waals surface area contributed by atoms with Gasteiger partial charge in [-0.05, 0) is 32.7 Å². The van der Waals surface area contributed by atoms with Crippen LogP contribution in [0, 0.1) is 10.1 Å². The maximum Gasteiger partial charge on any atom is 0.272 e. The fraction of sp³-hybridized carbons (Fsp3) is 0.538. The van der Waals surface area contributed by atoms with Crippen molar-refractivity contribution < 1.29 is 4.92 Å². The van der Waals surface area contributed by atoms with Gasteiger partial charge >= 0.3 is 0 Å². The monoisotopic (exact) mass is 236 g/mol. The van der Waals surface area contributed by atoms with Gasteiger partial charge in [0.15, 0.2) is 0 Å². The molecular weight excluding hydrogens is 216 g/mol. The lowest BCUT2D eigenvalue weighted by Crippen LogP contribution is -2.27. The van der Waals surface area contributed by atoms with Gasteiger partial charge in [0.2, 0.25) is 0 Å². The van der Waals surface area contributed by atoms with E-state index in [2.05, 4.69) is 19.2 Å². The molecule has 0 radical (unpaired) electrons. The molecule has 0 amide bonds. The predicted molar refractivity (Wildman–Crippen MR) is 69.2 cm³/mol. The van der Waals surface area contributed by atoms with E-state index in [1.54, 1.807) is 12.1 Å². The number of nitro groups is 1. The van der Waals surface area contributed by atoms with E-state index in [0.717, 1.165) is 31.4 Å². The smallest absolute Gasteiger partial charge is 0.272 e. The van der Waals surface area contributed by atoms with Gasteiger partial charge in [-0.2, -0.15) is 0 Å².